The minimum absolute atomic E-state index is 0.0166. The van der Waals surface area contributed by atoms with Crippen LogP contribution in [0, 0.1) is 0 Å². The summed E-state index contributed by atoms with van der Waals surface area (Å²) in [5, 5.41) is 8.54. The van der Waals surface area contributed by atoms with E-state index >= 15 is 0 Å². The molecule has 3 N–H and O–H groups in total. The summed E-state index contributed by atoms with van der Waals surface area (Å²) in [6.45, 7) is 0.772. The van der Waals surface area contributed by atoms with Crippen LogP contribution in [0.4, 0.5) is 0 Å². The van der Waals surface area contributed by atoms with Crippen LogP contribution in [0.1, 0.15) is 19.3 Å². The molecule has 0 bridgehead atoms. The first kappa shape index (κ1) is 9.98. The third-order valence-electron chi connectivity index (χ3n) is 2.16. The molecular weight excluding hydrogens is 172 g/mol. The largest absolute Gasteiger partial charge is 0.480 e. The number of hydrogen-bond donors (Lipinski definition) is 2. The van der Waals surface area contributed by atoms with Crippen LogP contribution in [0.3, 0.4) is 0 Å². The van der Waals surface area contributed by atoms with Crippen molar-refractivity contribution in [3.8, 4) is 0 Å². The quantitative estimate of drug-likeness (QED) is 0.617. The first-order valence-electron chi connectivity index (χ1n) is 4.37. The second-order valence-corrected chi connectivity index (χ2v) is 3.24. The van der Waals surface area contributed by atoms with Gasteiger partial charge in [-0.25, -0.2) is 0 Å². The molecular formula is C8H14N2O3. The number of amides is 1. The Balaban J connectivity index is 2.42. The van der Waals surface area contributed by atoms with Gasteiger partial charge in [0, 0.05) is 19.5 Å². The number of nitrogens with two attached hydrogens (primary N) is 1. The lowest BCUT2D eigenvalue weighted by molar-refractivity contribution is -0.140. The van der Waals surface area contributed by atoms with E-state index in [1.165, 1.54) is 4.90 Å². The summed E-state index contributed by atoms with van der Waals surface area (Å²) in [5.41, 5.74) is 5.32. The number of rotatable bonds is 3. The molecule has 1 aliphatic rings. The van der Waals surface area contributed by atoms with Crippen molar-refractivity contribution in [2.45, 2.75) is 25.3 Å². The Morgan fingerprint density at radius 3 is 2.85 bits per heavy atom. The van der Waals surface area contributed by atoms with Crippen LogP contribution >= 0.6 is 0 Å². The molecule has 1 amide bonds. The molecule has 1 rings (SSSR count). The van der Waals surface area contributed by atoms with Gasteiger partial charge in [0.25, 0.3) is 0 Å². The van der Waals surface area contributed by atoms with Crippen LogP contribution in [0.5, 0.6) is 0 Å². The monoisotopic (exact) mass is 186 g/mol. The second kappa shape index (κ2) is 4.23. The number of nitrogens with zero attached hydrogens (tertiary/aromatic N) is 1. The van der Waals surface area contributed by atoms with E-state index in [0.717, 1.165) is 12.8 Å². The number of carboxylic acids is 1. The molecule has 5 nitrogen and oxygen atoms in total. The molecule has 74 valence electrons. The van der Waals surface area contributed by atoms with Crippen molar-refractivity contribution in [2.24, 2.45) is 5.73 Å². The van der Waals surface area contributed by atoms with E-state index in [0.29, 0.717) is 13.0 Å². The average molecular weight is 186 g/mol. The molecule has 0 aromatic rings. The Bertz CT molecular complexity index is 217. The maximum atomic E-state index is 11.2. The van der Waals surface area contributed by atoms with Crippen LogP contribution in [-0.4, -0.2) is 41.0 Å². The zero-order valence-corrected chi connectivity index (χ0v) is 7.40. The van der Waals surface area contributed by atoms with Crippen LogP contribution < -0.4 is 5.73 Å². The van der Waals surface area contributed by atoms with Crippen LogP contribution in [-0.2, 0) is 9.59 Å². The molecule has 0 aromatic carbocycles. The molecule has 0 spiro atoms. The zero-order valence-electron chi connectivity index (χ0n) is 7.40. The van der Waals surface area contributed by atoms with E-state index in [1.54, 1.807) is 0 Å². The number of aliphatic carboxylic acids is 1. The van der Waals surface area contributed by atoms with Gasteiger partial charge in [-0.3, -0.25) is 9.59 Å². The van der Waals surface area contributed by atoms with E-state index < -0.39 is 12.0 Å². The third kappa shape index (κ3) is 2.69. The molecule has 5 heteroatoms. The Hall–Kier alpha value is -1.10. The van der Waals surface area contributed by atoms with Gasteiger partial charge < -0.3 is 15.7 Å². The van der Waals surface area contributed by atoms with E-state index in [-0.39, 0.29) is 12.5 Å². The predicted octanol–water partition coefficient (Wildman–Crippen LogP) is -0.589. The lowest BCUT2D eigenvalue weighted by atomic mass is 10.1. The molecule has 1 saturated heterocycles. The van der Waals surface area contributed by atoms with Gasteiger partial charge in [-0.05, 0) is 12.8 Å². The van der Waals surface area contributed by atoms with Gasteiger partial charge in [0.05, 0.1) is 0 Å². The normalized spacial score (nSPS) is 20.1. The fourth-order valence-corrected chi connectivity index (χ4v) is 1.37. The maximum absolute atomic E-state index is 11.2. The highest BCUT2D eigenvalue weighted by Gasteiger charge is 2.22. The predicted molar refractivity (Wildman–Crippen MR) is 46.0 cm³/mol. The first-order chi connectivity index (χ1) is 6.11. The average Bonchev–Trinajstić information content (AvgIpc) is 2.08. The molecule has 1 fully saturated rings. The number of carbonyl (C=O) groups excluding carboxylic acids is 1. The standard InChI is InChI=1S/C8H14N2O3/c9-6(8(12)13)5-10-4-2-1-3-7(10)11/h6H,1-5,9H2,(H,12,13)/t6-/m0/s1. The summed E-state index contributed by atoms with van der Waals surface area (Å²) >= 11 is 0. The van der Waals surface area contributed by atoms with Crippen LogP contribution in [0.2, 0.25) is 0 Å². The summed E-state index contributed by atoms with van der Waals surface area (Å²) in [7, 11) is 0. The van der Waals surface area contributed by atoms with Crippen LogP contribution in [0.25, 0.3) is 0 Å². The SMILES string of the molecule is N[C@@H](CN1CCCCC1=O)C(=O)O. The van der Waals surface area contributed by atoms with Crippen LogP contribution in [0.15, 0.2) is 0 Å². The summed E-state index contributed by atoms with van der Waals surface area (Å²) in [5.74, 6) is -1.04. The Morgan fingerprint density at radius 2 is 2.31 bits per heavy atom. The Kier molecular flexibility index (Phi) is 3.25. The highest BCUT2D eigenvalue weighted by molar-refractivity contribution is 5.79. The zero-order chi connectivity index (χ0) is 9.84. The molecule has 0 unspecified atom stereocenters. The summed E-state index contributed by atoms with van der Waals surface area (Å²) < 4.78 is 0. The number of carboxylic acid groups (broad SMARTS) is 1. The fourth-order valence-electron chi connectivity index (χ4n) is 1.37. The van der Waals surface area contributed by atoms with Gasteiger partial charge in [0.2, 0.25) is 5.91 Å². The van der Waals surface area contributed by atoms with E-state index in [4.69, 9.17) is 10.8 Å². The van der Waals surface area contributed by atoms with Crippen molar-refractivity contribution in [1.29, 1.82) is 0 Å². The highest BCUT2D eigenvalue weighted by Crippen LogP contribution is 2.10. The van der Waals surface area contributed by atoms with Crippen molar-refractivity contribution < 1.29 is 14.7 Å². The van der Waals surface area contributed by atoms with E-state index in [2.05, 4.69) is 0 Å². The number of carbonyl (C=O) groups is 2. The number of hydrogen-bond acceptors (Lipinski definition) is 3. The molecule has 1 aliphatic heterocycles. The molecule has 1 atom stereocenters. The lowest BCUT2D eigenvalue weighted by Gasteiger charge is -2.27. The highest BCUT2D eigenvalue weighted by atomic mass is 16.4. The minimum Gasteiger partial charge on any atom is -0.480 e. The summed E-state index contributed by atoms with van der Waals surface area (Å²) in [4.78, 5) is 23.2. The van der Waals surface area contributed by atoms with Crippen molar-refractivity contribution in [3.63, 3.8) is 0 Å². The summed E-state index contributed by atoms with van der Waals surface area (Å²) in [6, 6.07) is -0.956. The van der Waals surface area contributed by atoms with Crippen molar-refractivity contribution in [2.75, 3.05) is 13.1 Å². The minimum atomic E-state index is -1.06. The number of piperidine rings is 1. The molecule has 13 heavy (non-hydrogen) atoms. The first-order valence-corrected chi connectivity index (χ1v) is 4.37. The fraction of sp³-hybridized carbons (Fsp3) is 0.750. The lowest BCUT2D eigenvalue weighted by Crippen LogP contribution is -2.46. The second-order valence-electron chi connectivity index (χ2n) is 3.24. The van der Waals surface area contributed by atoms with Crippen molar-refractivity contribution in [1.82, 2.24) is 4.90 Å². The molecule has 0 saturated carbocycles. The summed E-state index contributed by atoms with van der Waals surface area (Å²) in [6.07, 6.45) is 2.36. The van der Waals surface area contributed by atoms with Crippen molar-refractivity contribution >= 4 is 11.9 Å². The van der Waals surface area contributed by atoms with Gasteiger partial charge >= 0.3 is 5.97 Å². The molecule has 0 aromatic heterocycles. The smallest absolute Gasteiger partial charge is 0.322 e. The van der Waals surface area contributed by atoms with Gasteiger partial charge in [0.1, 0.15) is 6.04 Å². The van der Waals surface area contributed by atoms with Gasteiger partial charge in [0.15, 0.2) is 0 Å². The molecule has 0 radical (unpaired) electrons. The molecule has 1 heterocycles. The van der Waals surface area contributed by atoms with E-state index in [1.807, 2.05) is 0 Å². The van der Waals surface area contributed by atoms with E-state index in [9.17, 15) is 9.59 Å². The van der Waals surface area contributed by atoms with Gasteiger partial charge in [-0.2, -0.15) is 0 Å². The van der Waals surface area contributed by atoms with Crippen molar-refractivity contribution in [3.05, 3.63) is 0 Å². The van der Waals surface area contributed by atoms with Gasteiger partial charge in [-0.1, -0.05) is 0 Å². The Morgan fingerprint density at radius 1 is 1.62 bits per heavy atom. The number of likely N-dealkylation sites (tertiary alicyclic amines) is 1. The Labute approximate surface area is 76.5 Å². The van der Waals surface area contributed by atoms with Gasteiger partial charge in [-0.15, -0.1) is 0 Å². The molecule has 0 aliphatic carbocycles. The topological polar surface area (TPSA) is 83.6 Å². The maximum Gasteiger partial charge on any atom is 0.322 e. The third-order valence-corrected chi connectivity index (χ3v) is 2.16.